The first kappa shape index (κ1) is 40.0. The van der Waals surface area contributed by atoms with Gasteiger partial charge in [-0.15, -0.1) is 0 Å². The summed E-state index contributed by atoms with van der Waals surface area (Å²) in [5, 5.41) is 17.6. The molecule has 0 aliphatic rings. The van der Waals surface area contributed by atoms with Crippen molar-refractivity contribution in [1.82, 2.24) is 0 Å². The second kappa shape index (κ2) is 16.3. The summed E-state index contributed by atoms with van der Waals surface area (Å²) >= 11 is 0. The first-order chi connectivity index (χ1) is 34.8. The van der Waals surface area contributed by atoms with Crippen LogP contribution in [0.2, 0.25) is 0 Å². The van der Waals surface area contributed by atoms with Gasteiger partial charge in [0.15, 0.2) is 0 Å². The highest BCUT2D eigenvalue weighted by Crippen LogP contribution is 2.48. The van der Waals surface area contributed by atoms with Crippen LogP contribution < -0.4 is 0 Å². The molecule has 0 atom stereocenters. The minimum absolute atomic E-state index is 1.20. The Hall–Kier alpha value is -9.10. The van der Waals surface area contributed by atoms with Gasteiger partial charge >= 0.3 is 0 Å². The SMILES string of the molecule is c1cc(-c2cccc3c(-c4cccc(-c5c6ccccc6c(-c6cccc7ccccc67)c6ccccc56)c4)cccc23)cc(-c2c3ccccc3c(-c3cccc4ccccc34)c3ccccc23)c1. The lowest BCUT2D eigenvalue weighted by Crippen LogP contribution is -1.92. The Kier molecular flexibility index (Phi) is 9.32. The van der Waals surface area contributed by atoms with Crippen molar-refractivity contribution in [3.8, 4) is 66.8 Å². The predicted octanol–water partition coefficient (Wildman–Crippen LogP) is 19.8. The van der Waals surface area contributed by atoms with Crippen molar-refractivity contribution >= 4 is 75.4 Å². The molecule has 0 saturated heterocycles. The number of hydrogen-bond donors (Lipinski definition) is 0. The van der Waals surface area contributed by atoms with Crippen molar-refractivity contribution in [2.75, 3.05) is 0 Å². The monoisotopic (exact) mass is 884 g/mol. The van der Waals surface area contributed by atoms with Gasteiger partial charge < -0.3 is 0 Å². The van der Waals surface area contributed by atoms with Crippen LogP contribution in [0.25, 0.3) is 142 Å². The maximum absolute atomic E-state index is 2.41. The number of rotatable bonds is 6. The van der Waals surface area contributed by atoms with Gasteiger partial charge in [0.05, 0.1) is 0 Å². The Morgan fingerprint density at radius 1 is 0.143 bits per heavy atom. The van der Waals surface area contributed by atoms with Crippen molar-refractivity contribution in [1.29, 1.82) is 0 Å². The molecule has 0 aliphatic carbocycles. The fourth-order valence-electron chi connectivity index (χ4n) is 11.8. The highest BCUT2D eigenvalue weighted by molar-refractivity contribution is 6.25. The van der Waals surface area contributed by atoms with Crippen LogP contribution >= 0.6 is 0 Å². The molecule has 0 N–H and O–H groups in total. The Labute approximate surface area is 407 Å². The lowest BCUT2D eigenvalue weighted by molar-refractivity contribution is 1.62. The van der Waals surface area contributed by atoms with Crippen molar-refractivity contribution in [2.24, 2.45) is 0 Å². The van der Waals surface area contributed by atoms with E-state index in [0.29, 0.717) is 0 Å². The molecular weight excluding hydrogens is 841 g/mol. The van der Waals surface area contributed by atoms with Crippen LogP contribution in [0.1, 0.15) is 0 Å². The third-order valence-corrected chi connectivity index (χ3v) is 14.8. The first-order valence-electron chi connectivity index (χ1n) is 24.3. The molecule has 14 aromatic rings. The molecular formula is C70H44. The molecule has 0 fully saturated rings. The molecule has 0 radical (unpaired) electrons. The topological polar surface area (TPSA) is 0 Å². The van der Waals surface area contributed by atoms with E-state index in [-0.39, 0.29) is 0 Å². The maximum atomic E-state index is 2.41. The van der Waals surface area contributed by atoms with E-state index < -0.39 is 0 Å². The van der Waals surface area contributed by atoms with Gasteiger partial charge in [0.1, 0.15) is 0 Å². The van der Waals surface area contributed by atoms with Crippen molar-refractivity contribution in [3.05, 3.63) is 267 Å². The quantitative estimate of drug-likeness (QED) is 0.146. The van der Waals surface area contributed by atoms with E-state index in [1.54, 1.807) is 0 Å². The Bertz CT molecular complexity index is 4010. The van der Waals surface area contributed by atoms with E-state index in [1.807, 2.05) is 0 Å². The Morgan fingerprint density at radius 3 is 0.757 bits per heavy atom. The molecule has 14 rings (SSSR count). The normalized spacial score (nSPS) is 11.7. The van der Waals surface area contributed by atoms with Crippen LogP contribution in [0.15, 0.2) is 267 Å². The summed E-state index contributed by atoms with van der Waals surface area (Å²) in [4.78, 5) is 0. The summed E-state index contributed by atoms with van der Waals surface area (Å²) in [7, 11) is 0. The van der Waals surface area contributed by atoms with E-state index in [9.17, 15) is 0 Å². The third-order valence-electron chi connectivity index (χ3n) is 14.8. The summed E-state index contributed by atoms with van der Waals surface area (Å²) in [6, 6.07) is 98.9. The van der Waals surface area contributed by atoms with Crippen LogP contribution in [0.5, 0.6) is 0 Å². The van der Waals surface area contributed by atoms with Crippen LogP contribution in [0, 0.1) is 0 Å². The molecule has 0 aromatic heterocycles. The molecule has 0 nitrogen and oxygen atoms in total. The standard InChI is InChI=1S/C70H44/c1-3-27-51-45(19-1)21-15-41-57(51)69-63-33-9-5-29-59(63)67(60-30-6-10-34-64(60)69)49-25-13-23-47(43-49)53-37-17-40-56-54(38-18-39-55(53)56)48-24-14-26-50(44-48)68-61-31-7-11-35-65(61)70(66-36-12-8-32-62(66)68)58-42-16-22-46-20-2-4-28-52(46)58/h1-44H. The second-order valence-corrected chi connectivity index (χ2v) is 18.6. The number of benzene rings is 14. The summed E-state index contributed by atoms with van der Waals surface area (Å²) in [6.45, 7) is 0. The van der Waals surface area contributed by atoms with Crippen LogP contribution in [-0.4, -0.2) is 0 Å². The molecule has 324 valence electrons. The van der Waals surface area contributed by atoms with Gasteiger partial charge in [-0.2, -0.15) is 0 Å². The molecule has 0 heterocycles. The van der Waals surface area contributed by atoms with Crippen LogP contribution in [0.3, 0.4) is 0 Å². The molecule has 0 saturated carbocycles. The van der Waals surface area contributed by atoms with Gasteiger partial charge in [0.25, 0.3) is 0 Å². The molecule has 0 bridgehead atoms. The predicted molar refractivity (Wildman–Crippen MR) is 302 cm³/mol. The molecule has 0 amide bonds. The molecule has 0 heteroatoms. The number of hydrogen-bond acceptors (Lipinski definition) is 0. The molecule has 14 aromatic carbocycles. The van der Waals surface area contributed by atoms with Gasteiger partial charge in [0, 0.05) is 0 Å². The molecule has 0 spiro atoms. The third kappa shape index (κ3) is 6.31. The fraction of sp³-hybridized carbons (Fsp3) is 0. The highest BCUT2D eigenvalue weighted by atomic mass is 14.2. The lowest BCUT2D eigenvalue weighted by atomic mass is 9.84. The summed E-state index contributed by atoms with van der Waals surface area (Å²) in [6.07, 6.45) is 0. The zero-order valence-corrected chi connectivity index (χ0v) is 38.4. The van der Waals surface area contributed by atoms with Gasteiger partial charge in [-0.1, -0.05) is 255 Å². The second-order valence-electron chi connectivity index (χ2n) is 18.6. The molecule has 70 heavy (non-hydrogen) atoms. The zero-order valence-electron chi connectivity index (χ0n) is 38.4. The summed E-state index contributed by atoms with van der Waals surface area (Å²) in [5.41, 5.74) is 14.9. The van der Waals surface area contributed by atoms with Gasteiger partial charge in [-0.3, -0.25) is 0 Å². The van der Waals surface area contributed by atoms with E-state index in [4.69, 9.17) is 0 Å². The van der Waals surface area contributed by atoms with Gasteiger partial charge in [-0.25, -0.2) is 0 Å². The number of fused-ring (bicyclic) bond motifs is 7. The first-order valence-corrected chi connectivity index (χ1v) is 24.3. The lowest BCUT2D eigenvalue weighted by Gasteiger charge is -2.19. The smallest absolute Gasteiger partial charge is 0.00201 e. The Balaban J connectivity index is 0.913. The van der Waals surface area contributed by atoms with Crippen molar-refractivity contribution in [3.63, 3.8) is 0 Å². The van der Waals surface area contributed by atoms with E-state index >= 15 is 0 Å². The van der Waals surface area contributed by atoms with Crippen LogP contribution in [-0.2, 0) is 0 Å². The molecule has 0 unspecified atom stereocenters. The van der Waals surface area contributed by atoms with E-state index in [0.717, 1.165) is 0 Å². The fourth-order valence-corrected chi connectivity index (χ4v) is 11.8. The summed E-state index contributed by atoms with van der Waals surface area (Å²) in [5.74, 6) is 0. The van der Waals surface area contributed by atoms with Gasteiger partial charge in [0.2, 0.25) is 0 Å². The average molecular weight is 885 g/mol. The van der Waals surface area contributed by atoms with E-state index in [2.05, 4.69) is 267 Å². The van der Waals surface area contributed by atoms with Gasteiger partial charge in [-0.05, 0) is 154 Å². The maximum Gasteiger partial charge on any atom is -0.00201 e. The van der Waals surface area contributed by atoms with Crippen LogP contribution in [0.4, 0.5) is 0 Å². The molecule has 0 aliphatic heterocycles. The average Bonchev–Trinajstić information content (AvgIpc) is 3.43. The minimum atomic E-state index is 1.20. The highest BCUT2D eigenvalue weighted by Gasteiger charge is 2.21. The summed E-state index contributed by atoms with van der Waals surface area (Å²) < 4.78 is 0. The largest absolute Gasteiger partial charge is 0.0616 e. The minimum Gasteiger partial charge on any atom is -0.0616 e. The zero-order chi connectivity index (χ0) is 46.1. The Morgan fingerprint density at radius 2 is 0.386 bits per heavy atom. The van der Waals surface area contributed by atoms with Crippen molar-refractivity contribution in [2.45, 2.75) is 0 Å². The van der Waals surface area contributed by atoms with Crippen molar-refractivity contribution < 1.29 is 0 Å². The van der Waals surface area contributed by atoms with E-state index in [1.165, 1.54) is 142 Å².